The van der Waals surface area contributed by atoms with Gasteiger partial charge in [-0.25, -0.2) is 0 Å². The van der Waals surface area contributed by atoms with Gasteiger partial charge in [0.25, 0.3) is 0 Å². The lowest BCUT2D eigenvalue weighted by molar-refractivity contribution is 0.155. The van der Waals surface area contributed by atoms with Crippen molar-refractivity contribution in [1.82, 2.24) is 9.88 Å². The lowest BCUT2D eigenvalue weighted by atomic mass is 10.1. The van der Waals surface area contributed by atoms with Crippen LogP contribution < -0.4 is 5.32 Å². The number of nitrogens with zero attached hydrogens (tertiary/aromatic N) is 2. The predicted molar refractivity (Wildman–Crippen MR) is 63.4 cm³/mol. The minimum absolute atomic E-state index is 0.212. The summed E-state index contributed by atoms with van der Waals surface area (Å²) in [7, 11) is 0. The summed E-state index contributed by atoms with van der Waals surface area (Å²) in [6.45, 7) is 4.66. The van der Waals surface area contributed by atoms with Gasteiger partial charge in [-0.15, -0.1) is 0 Å². The molecule has 88 valence electrons. The Morgan fingerprint density at radius 1 is 1.50 bits per heavy atom. The minimum atomic E-state index is -0.212. The van der Waals surface area contributed by atoms with Crippen molar-refractivity contribution in [2.45, 2.75) is 19.4 Å². The molecule has 0 aliphatic carbocycles. The van der Waals surface area contributed by atoms with Gasteiger partial charge in [-0.3, -0.25) is 14.3 Å². The SMILES string of the molecule is Cc1ccc(NC2CN(CCCF)C2)cn1. The number of hydrogen-bond donors (Lipinski definition) is 1. The molecular formula is C12H18FN3. The van der Waals surface area contributed by atoms with Crippen molar-refractivity contribution >= 4 is 5.69 Å². The van der Waals surface area contributed by atoms with E-state index in [4.69, 9.17) is 0 Å². The highest BCUT2D eigenvalue weighted by molar-refractivity contribution is 5.42. The molecule has 4 heteroatoms. The second-order valence-electron chi connectivity index (χ2n) is 4.33. The quantitative estimate of drug-likeness (QED) is 0.825. The van der Waals surface area contributed by atoms with Crippen molar-refractivity contribution in [3.8, 4) is 0 Å². The monoisotopic (exact) mass is 223 g/mol. The van der Waals surface area contributed by atoms with Gasteiger partial charge in [0, 0.05) is 25.3 Å². The highest BCUT2D eigenvalue weighted by Gasteiger charge is 2.25. The summed E-state index contributed by atoms with van der Waals surface area (Å²) < 4.78 is 11.9. The second kappa shape index (κ2) is 5.25. The largest absolute Gasteiger partial charge is 0.378 e. The summed E-state index contributed by atoms with van der Waals surface area (Å²) in [5.74, 6) is 0. The zero-order chi connectivity index (χ0) is 11.4. The molecule has 1 saturated heterocycles. The van der Waals surface area contributed by atoms with Crippen LogP contribution >= 0.6 is 0 Å². The van der Waals surface area contributed by atoms with E-state index < -0.39 is 0 Å². The summed E-state index contributed by atoms with van der Waals surface area (Å²) >= 11 is 0. The molecule has 1 aromatic heterocycles. The fraction of sp³-hybridized carbons (Fsp3) is 0.583. The van der Waals surface area contributed by atoms with Crippen LogP contribution in [-0.2, 0) is 0 Å². The molecule has 0 spiro atoms. The highest BCUT2D eigenvalue weighted by Crippen LogP contribution is 2.14. The first-order valence-electron chi connectivity index (χ1n) is 5.75. The molecule has 0 unspecified atom stereocenters. The van der Waals surface area contributed by atoms with E-state index in [-0.39, 0.29) is 6.67 Å². The zero-order valence-corrected chi connectivity index (χ0v) is 9.62. The van der Waals surface area contributed by atoms with Gasteiger partial charge in [-0.05, 0) is 25.5 Å². The van der Waals surface area contributed by atoms with Crippen LogP contribution in [0.3, 0.4) is 0 Å². The normalized spacial score (nSPS) is 17.1. The van der Waals surface area contributed by atoms with E-state index in [2.05, 4.69) is 15.2 Å². The summed E-state index contributed by atoms with van der Waals surface area (Å²) in [5.41, 5.74) is 2.10. The number of anilines is 1. The maximum atomic E-state index is 11.9. The molecular weight excluding hydrogens is 205 g/mol. The highest BCUT2D eigenvalue weighted by atomic mass is 19.1. The third-order valence-electron chi connectivity index (χ3n) is 2.85. The van der Waals surface area contributed by atoms with Crippen molar-refractivity contribution in [3.63, 3.8) is 0 Å². The van der Waals surface area contributed by atoms with Crippen molar-refractivity contribution in [1.29, 1.82) is 0 Å². The van der Waals surface area contributed by atoms with Gasteiger partial charge in [0.15, 0.2) is 0 Å². The number of rotatable bonds is 5. The van der Waals surface area contributed by atoms with Gasteiger partial charge in [0.2, 0.25) is 0 Å². The number of halogens is 1. The van der Waals surface area contributed by atoms with Crippen molar-refractivity contribution < 1.29 is 4.39 Å². The number of likely N-dealkylation sites (tertiary alicyclic amines) is 1. The summed E-state index contributed by atoms with van der Waals surface area (Å²) in [5, 5.41) is 3.41. The molecule has 1 aliphatic rings. The zero-order valence-electron chi connectivity index (χ0n) is 9.62. The summed E-state index contributed by atoms with van der Waals surface area (Å²) in [4.78, 5) is 6.50. The Balaban J connectivity index is 1.71. The molecule has 1 aromatic rings. The first-order valence-corrected chi connectivity index (χ1v) is 5.75. The van der Waals surface area contributed by atoms with Gasteiger partial charge >= 0.3 is 0 Å². The topological polar surface area (TPSA) is 28.2 Å². The maximum Gasteiger partial charge on any atom is 0.0906 e. The van der Waals surface area contributed by atoms with Gasteiger partial charge in [0.1, 0.15) is 0 Å². The molecule has 1 N–H and O–H groups in total. The van der Waals surface area contributed by atoms with E-state index >= 15 is 0 Å². The van der Waals surface area contributed by atoms with Gasteiger partial charge in [-0.1, -0.05) is 0 Å². The average molecular weight is 223 g/mol. The molecule has 16 heavy (non-hydrogen) atoms. The Kier molecular flexibility index (Phi) is 3.72. The fourth-order valence-corrected chi connectivity index (χ4v) is 1.92. The number of hydrogen-bond acceptors (Lipinski definition) is 3. The van der Waals surface area contributed by atoms with Crippen LogP contribution in [-0.4, -0.2) is 42.2 Å². The van der Waals surface area contributed by atoms with Crippen molar-refractivity contribution in [2.24, 2.45) is 0 Å². The van der Waals surface area contributed by atoms with E-state index in [1.54, 1.807) is 0 Å². The van der Waals surface area contributed by atoms with E-state index in [0.29, 0.717) is 12.5 Å². The van der Waals surface area contributed by atoms with Crippen LogP contribution in [0.2, 0.25) is 0 Å². The number of alkyl halides is 1. The van der Waals surface area contributed by atoms with E-state index in [1.165, 1.54) is 0 Å². The fourth-order valence-electron chi connectivity index (χ4n) is 1.92. The van der Waals surface area contributed by atoms with E-state index in [9.17, 15) is 4.39 Å². The van der Waals surface area contributed by atoms with Crippen LogP contribution in [0.1, 0.15) is 12.1 Å². The Morgan fingerprint density at radius 2 is 2.31 bits per heavy atom. The summed E-state index contributed by atoms with van der Waals surface area (Å²) in [6.07, 6.45) is 2.51. The van der Waals surface area contributed by atoms with Crippen LogP contribution in [0.4, 0.5) is 10.1 Å². The Bertz CT molecular complexity index is 320. The maximum absolute atomic E-state index is 11.9. The predicted octanol–water partition coefficient (Wildman–Crippen LogP) is 1.85. The number of aryl methyl sites for hydroxylation is 1. The molecule has 3 nitrogen and oxygen atoms in total. The number of nitrogens with one attached hydrogen (secondary N) is 1. The summed E-state index contributed by atoms with van der Waals surface area (Å²) in [6, 6.07) is 4.54. The number of pyridine rings is 1. The van der Waals surface area contributed by atoms with Gasteiger partial charge in [0.05, 0.1) is 24.6 Å². The Labute approximate surface area is 95.7 Å². The third kappa shape index (κ3) is 2.92. The molecule has 2 rings (SSSR count). The van der Waals surface area contributed by atoms with Crippen LogP contribution in [0, 0.1) is 6.92 Å². The first kappa shape index (κ1) is 11.3. The molecule has 0 saturated carbocycles. The lowest BCUT2D eigenvalue weighted by Gasteiger charge is -2.40. The smallest absolute Gasteiger partial charge is 0.0906 e. The number of aromatic nitrogens is 1. The second-order valence-corrected chi connectivity index (χ2v) is 4.33. The standard InChI is InChI=1S/C12H18FN3/c1-10-3-4-11(7-14-10)15-12-8-16(9-12)6-2-5-13/h3-4,7,12,15H,2,5-6,8-9H2,1H3. The molecule has 0 bridgehead atoms. The first-order chi connectivity index (χ1) is 7.78. The van der Waals surface area contributed by atoms with Crippen LogP contribution in [0.5, 0.6) is 0 Å². The molecule has 0 amide bonds. The van der Waals surface area contributed by atoms with Crippen molar-refractivity contribution in [2.75, 3.05) is 31.6 Å². The third-order valence-corrected chi connectivity index (χ3v) is 2.85. The molecule has 2 heterocycles. The Hall–Kier alpha value is -1.16. The molecule has 0 radical (unpaired) electrons. The van der Waals surface area contributed by atoms with Crippen molar-refractivity contribution in [3.05, 3.63) is 24.0 Å². The molecule has 1 fully saturated rings. The lowest BCUT2D eigenvalue weighted by Crippen LogP contribution is -2.54. The van der Waals surface area contributed by atoms with Gasteiger partial charge in [-0.2, -0.15) is 0 Å². The van der Waals surface area contributed by atoms with Gasteiger partial charge < -0.3 is 5.32 Å². The van der Waals surface area contributed by atoms with Crippen LogP contribution in [0.15, 0.2) is 18.3 Å². The molecule has 1 aliphatic heterocycles. The average Bonchev–Trinajstić information content (AvgIpc) is 2.24. The van der Waals surface area contributed by atoms with Crippen LogP contribution in [0.25, 0.3) is 0 Å². The van der Waals surface area contributed by atoms with E-state index in [1.807, 2.05) is 25.3 Å². The molecule has 0 aromatic carbocycles. The Morgan fingerprint density at radius 3 is 2.94 bits per heavy atom. The van der Waals surface area contributed by atoms with E-state index in [0.717, 1.165) is 31.0 Å². The molecule has 0 atom stereocenters. The minimum Gasteiger partial charge on any atom is -0.378 e.